The van der Waals surface area contributed by atoms with Gasteiger partial charge in [0.1, 0.15) is 19.0 Å². The van der Waals surface area contributed by atoms with Crippen LogP contribution in [-0.2, 0) is 16.1 Å². The van der Waals surface area contributed by atoms with Crippen molar-refractivity contribution < 1.29 is 18.9 Å². The maximum atomic E-state index is 5.79. The van der Waals surface area contributed by atoms with Crippen LogP contribution in [0.2, 0.25) is 0 Å². The average molecular weight is 460 g/mol. The van der Waals surface area contributed by atoms with E-state index in [1.807, 2.05) is 24.3 Å². The second-order valence-electron chi connectivity index (χ2n) is 6.67. The van der Waals surface area contributed by atoms with Gasteiger partial charge in [-0.05, 0) is 49.1 Å². The molecule has 1 aliphatic rings. The van der Waals surface area contributed by atoms with Crippen LogP contribution in [-0.4, -0.2) is 41.1 Å². The molecule has 4 rings (SSSR count). The summed E-state index contributed by atoms with van der Waals surface area (Å²) >= 11 is 3.44. The topological polar surface area (TPSA) is 75.6 Å². The van der Waals surface area contributed by atoms with Crippen LogP contribution < -0.4 is 9.47 Å². The summed E-state index contributed by atoms with van der Waals surface area (Å²) in [5.74, 6) is 1.14. The van der Waals surface area contributed by atoms with Crippen LogP contribution in [0.3, 0.4) is 0 Å². The second-order valence-corrected chi connectivity index (χ2v) is 7.59. The first-order chi connectivity index (χ1) is 14.3. The number of aromatic nitrogens is 3. The van der Waals surface area contributed by atoms with Gasteiger partial charge in [-0.2, -0.15) is 0 Å². The van der Waals surface area contributed by atoms with Gasteiger partial charge in [0.2, 0.25) is 5.88 Å². The van der Waals surface area contributed by atoms with Crippen LogP contribution in [0.1, 0.15) is 24.8 Å². The van der Waals surface area contributed by atoms with Gasteiger partial charge in [-0.1, -0.05) is 15.9 Å². The number of ether oxygens (including phenoxy) is 4. The van der Waals surface area contributed by atoms with E-state index in [9.17, 15) is 0 Å². The summed E-state index contributed by atoms with van der Waals surface area (Å²) < 4.78 is 23.7. The molecule has 0 spiro atoms. The molecule has 0 N–H and O–H groups in total. The van der Waals surface area contributed by atoms with Crippen molar-refractivity contribution in [2.24, 2.45) is 0 Å². The molecule has 0 saturated carbocycles. The van der Waals surface area contributed by atoms with E-state index in [0.717, 1.165) is 46.9 Å². The zero-order valence-electron chi connectivity index (χ0n) is 15.9. The Morgan fingerprint density at radius 3 is 2.86 bits per heavy atom. The van der Waals surface area contributed by atoms with Crippen molar-refractivity contribution in [3.05, 3.63) is 52.9 Å². The van der Waals surface area contributed by atoms with Gasteiger partial charge in [-0.3, -0.25) is 4.98 Å². The van der Waals surface area contributed by atoms with Crippen molar-refractivity contribution in [3.63, 3.8) is 0 Å². The predicted octanol–water partition coefficient (Wildman–Crippen LogP) is 4.29. The molecule has 1 aliphatic heterocycles. The maximum absolute atomic E-state index is 5.79. The lowest BCUT2D eigenvalue weighted by atomic mass is 10.2. The van der Waals surface area contributed by atoms with Crippen molar-refractivity contribution in [1.82, 2.24) is 15.0 Å². The molecular formula is C21H22BrN3O4. The number of halogens is 1. The molecule has 7 nitrogen and oxygen atoms in total. The molecule has 1 fully saturated rings. The first-order valence-corrected chi connectivity index (χ1v) is 10.4. The van der Waals surface area contributed by atoms with E-state index in [2.05, 4.69) is 30.9 Å². The smallest absolute Gasteiger partial charge is 0.233 e. The molecule has 3 heterocycles. The van der Waals surface area contributed by atoms with E-state index in [4.69, 9.17) is 18.9 Å². The number of benzene rings is 1. The lowest BCUT2D eigenvalue weighted by molar-refractivity contribution is -0.169. The fraction of sp³-hybridized carbons (Fsp3) is 0.381. The number of hydrogen-bond donors (Lipinski definition) is 0. The first kappa shape index (κ1) is 20.0. The van der Waals surface area contributed by atoms with Gasteiger partial charge in [-0.15, -0.1) is 0 Å². The van der Waals surface area contributed by atoms with Crippen molar-refractivity contribution in [2.75, 3.05) is 19.8 Å². The van der Waals surface area contributed by atoms with E-state index in [1.165, 1.54) is 0 Å². The van der Waals surface area contributed by atoms with Gasteiger partial charge in [0.15, 0.2) is 6.29 Å². The van der Waals surface area contributed by atoms with Crippen molar-refractivity contribution in [1.29, 1.82) is 0 Å². The molecule has 0 radical (unpaired) electrons. The Morgan fingerprint density at radius 1 is 1.03 bits per heavy atom. The number of nitrogens with zero attached hydrogens (tertiary/aromatic N) is 3. The Bertz CT molecular complexity index is 950. The normalized spacial score (nSPS) is 16.7. The number of hydrogen-bond acceptors (Lipinski definition) is 7. The highest BCUT2D eigenvalue weighted by atomic mass is 79.9. The van der Waals surface area contributed by atoms with E-state index >= 15 is 0 Å². The van der Waals surface area contributed by atoms with Crippen molar-refractivity contribution in [3.8, 4) is 11.6 Å². The lowest BCUT2D eigenvalue weighted by Gasteiger charge is -2.22. The molecule has 0 amide bonds. The third kappa shape index (κ3) is 5.85. The molecule has 0 bridgehead atoms. The highest BCUT2D eigenvalue weighted by molar-refractivity contribution is 9.10. The summed E-state index contributed by atoms with van der Waals surface area (Å²) in [4.78, 5) is 13.0. The lowest BCUT2D eigenvalue weighted by Crippen LogP contribution is -2.22. The summed E-state index contributed by atoms with van der Waals surface area (Å²) in [5.41, 5.74) is 2.54. The van der Waals surface area contributed by atoms with Crippen LogP contribution >= 0.6 is 15.9 Å². The summed E-state index contributed by atoms with van der Waals surface area (Å²) in [6, 6.07) is 7.66. The van der Waals surface area contributed by atoms with E-state index < -0.39 is 0 Å². The fourth-order valence-electron chi connectivity index (χ4n) is 3.00. The maximum Gasteiger partial charge on any atom is 0.233 e. The van der Waals surface area contributed by atoms with Gasteiger partial charge in [0.05, 0.1) is 30.0 Å². The van der Waals surface area contributed by atoms with E-state index in [-0.39, 0.29) is 6.29 Å². The highest BCUT2D eigenvalue weighted by Gasteiger charge is 2.14. The number of rotatable bonds is 8. The molecule has 1 saturated heterocycles. The monoisotopic (exact) mass is 459 g/mol. The summed E-state index contributed by atoms with van der Waals surface area (Å²) in [7, 11) is 0. The summed E-state index contributed by atoms with van der Waals surface area (Å²) in [5, 5.41) is 0. The number of pyridine rings is 1. The average Bonchev–Trinajstić information content (AvgIpc) is 2.76. The minimum absolute atomic E-state index is 0.120. The molecular weight excluding hydrogens is 438 g/mol. The molecule has 152 valence electrons. The molecule has 1 atom stereocenters. The van der Waals surface area contributed by atoms with Gasteiger partial charge < -0.3 is 18.9 Å². The molecule has 1 aromatic carbocycles. The molecule has 2 aromatic heterocycles. The molecule has 29 heavy (non-hydrogen) atoms. The Kier molecular flexibility index (Phi) is 6.87. The van der Waals surface area contributed by atoms with E-state index in [0.29, 0.717) is 31.5 Å². The molecule has 0 aliphatic carbocycles. The van der Waals surface area contributed by atoms with Crippen molar-refractivity contribution >= 4 is 27.0 Å². The van der Waals surface area contributed by atoms with Gasteiger partial charge in [-0.25, -0.2) is 9.97 Å². The number of fused-ring (bicyclic) bond motifs is 1. The molecule has 8 heteroatoms. The van der Waals surface area contributed by atoms with Gasteiger partial charge in [0, 0.05) is 17.3 Å². The van der Waals surface area contributed by atoms with Crippen LogP contribution in [0.5, 0.6) is 11.6 Å². The van der Waals surface area contributed by atoms with Gasteiger partial charge >= 0.3 is 0 Å². The zero-order valence-corrected chi connectivity index (χ0v) is 17.5. The highest BCUT2D eigenvalue weighted by Crippen LogP contribution is 2.19. The summed E-state index contributed by atoms with van der Waals surface area (Å²) in [6.07, 6.45) is 8.13. The molecule has 3 aromatic rings. The Morgan fingerprint density at radius 2 is 1.97 bits per heavy atom. The van der Waals surface area contributed by atoms with Crippen LogP contribution in [0, 0.1) is 0 Å². The minimum Gasteiger partial charge on any atom is -0.488 e. The quantitative estimate of drug-likeness (QED) is 0.465. The Balaban J connectivity index is 1.24. The fourth-order valence-corrected chi connectivity index (χ4v) is 3.35. The standard InChI is InChI=1S/C21H22BrN3O4/c22-16-4-5-18-19(10-16)25-20(13-24-18)27-8-7-26-17-9-15(11-23-12-17)14-29-21-3-1-2-6-28-21/h4-5,9-13,21H,1-3,6-8,14H2. The largest absolute Gasteiger partial charge is 0.488 e. The SMILES string of the molecule is Brc1ccc2ncc(OCCOc3cncc(COC4CCCCO4)c3)nc2c1. The van der Waals surface area contributed by atoms with Crippen LogP contribution in [0.25, 0.3) is 11.0 Å². The first-order valence-electron chi connectivity index (χ1n) is 9.61. The second kappa shape index (κ2) is 9.96. The van der Waals surface area contributed by atoms with Gasteiger partial charge in [0.25, 0.3) is 0 Å². The van der Waals surface area contributed by atoms with Crippen LogP contribution in [0.4, 0.5) is 0 Å². The minimum atomic E-state index is -0.120. The Labute approximate surface area is 177 Å². The van der Waals surface area contributed by atoms with E-state index in [1.54, 1.807) is 18.6 Å². The third-order valence-corrected chi connectivity index (χ3v) is 4.92. The van der Waals surface area contributed by atoms with Crippen LogP contribution in [0.15, 0.2) is 47.3 Å². The summed E-state index contributed by atoms with van der Waals surface area (Å²) in [6.45, 7) is 1.94. The molecule has 1 unspecified atom stereocenters. The Hall–Kier alpha value is -2.29. The zero-order chi connectivity index (χ0) is 19.9. The predicted molar refractivity (Wildman–Crippen MR) is 111 cm³/mol. The third-order valence-electron chi connectivity index (χ3n) is 4.43. The van der Waals surface area contributed by atoms with Crippen molar-refractivity contribution in [2.45, 2.75) is 32.2 Å².